The SMILES string of the molecule is O=C1COc2ccc(cc2)C[C@@H](C(=O)O)CC(=O)[C@H](CCc2ccccc2)NC(=O)[C@@H](Cc2ccc(-c3ccccc3)cc2)NC(=O)[C@H](Cc2ccc(Cl)cc2Cl)C1. The van der Waals surface area contributed by atoms with Crippen LogP contribution >= 0.6 is 23.2 Å². The number of hydrogen-bond donors (Lipinski definition) is 3. The number of Topliss-reactive ketones (excluding diaryl/α,β-unsaturated/α-hetero) is 2. The summed E-state index contributed by atoms with van der Waals surface area (Å²) in [5.41, 5.74) is 4.91. The molecule has 0 spiro atoms. The van der Waals surface area contributed by atoms with Gasteiger partial charge in [0.2, 0.25) is 11.8 Å². The number of aliphatic carboxylic acids is 1. The van der Waals surface area contributed by atoms with Crippen LogP contribution in [0.1, 0.15) is 41.5 Å². The van der Waals surface area contributed by atoms with Crippen LogP contribution < -0.4 is 15.4 Å². The van der Waals surface area contributed by atoms with Gasteiger partial charge in [0.25, 0.3) is 0 Å². The van der Waals surface area contributed by atoms with Crippen molar-refractivity contribution < 1.29 is 33.8 Å². The topological polar surface area (TPSA) is 139 Å². The van der Waals surface area contributed by atoms with Crippen LogP contribution in [0.15, 0.2) is 127 Å². The number of carbonyl (C=O) groups excluding carboxylic acids is 4. The monoisotopic (exact) mass is 818 g/mol. The Kier molecular flexibility index (Phi) is 14.5. The summed E-state index contributed by atoms with van der Waals surface area (Å²) in [7, 11) is 0. The van der Waals surface area contributed by atoms with Crippen molar-refractivity contribution in [2.45, 2.75) is 57.0 Å². The highest BCUT2D eigenvalue weighted by Gasteiger charge is 2.33. The lowest BCUT2D eigenvalue weighted by atomic mass is 9.90. The quantitative estimate of drug-likeness (QED) is 0.137. The second kappa shape index (κ2) is 20.1. The minimum Gasteiger partial charge on any atom is -0.486 e. The molecule has 3 N–H and O–H groups in total. The minimum atomic E-state index is -1.18. The maximum Gasteiger partial charge on any atom is 0.307 e. The molecule has 11 heteroatoms. The predicted octanol–water partition coefficient (Wildman–Crippen LogP) is 7.92. The number of amides is 2. The number of carboxylic acids is 1. The van der Waals surface area contributed by atoms with Gasteiger partial charge in [-0.3, -0.25) is 24.0 Å². The summed E-state index contributed by atoms with van der Waals surface area (Å²) in [5.74, 6) is -4.77. The van der Waals surface area contributed by atoms with Gasteiger partial charge in [-0.15, -0.1) is 0 Å². The first-order valence-corrected chi connectivity index (χ1v) is 20.0. The van der Waals surface area contributed by atoms with Gasteiger partial charge < -0.3 is 20.5 Å². The van der Waals surface area contributed by atoms with E-state index in [9.17, 15) is 29.1 Å². The number of halogens is 2. The van der Waals surface area contributed by atoms with Gasteiger partial charge >= 0.3 is 5.97 Å². The Balaban J connectivity index is 1.35. The lowest BCUT2D eigenvalue weighted by molar-refractivity contribution is -0.144. The Morgan fingerprint density at radius 1 is 0.672 bits per heavy atom. The number of ether oxygens (including phenoxy) is 1. The first-order valence-electron chi connectivity index (χ1n) is 19.2. The maximum atomic E-state index is 14.5. The largest absolute Gasteiger partial charge is 0.486 e. The summed E-state index contributed by atoms with van der Waals surface area (Å²) < 4.78 is 5.78. The first kappa shape index (κ1) is 41.9. The molecule has 4 atom stereocenters. The lowest BCUT2D eigenvalue weighted by Crippen LogP contribution is -2.54. The predicted molar refractivity (Wildman–Crippen MR) is 224 cm³/mol. The van der Waals surface area contributed by atoms with E-state index in [0.29, 0.717) is 33.3 Å². The summed E-state index contributed by atoms with van der Waals surface area (Å²) in [5, 5.41) is 16.8. The number of nitrogens with one attached hydrogen (secondary N) is 2. The molecule has 7 rings (SSSR count). The van der Waals surface area contributed by atoms with Crippen molar-refractivity contribution >= 4 is 52.6 Å². The zero-order valence-electron chi connectivity index (χ0n) is 31.7. The van der Waals surface area contributed by atoms with Crippen LogP contribution in [0.2, 0.25) is 10.0 Å². The van der Waals surface area contributed by atoms with Crippen LogP contribution in [0.25, 0.3) is 11.1 Å². The zero-order valence-corrected chi connectivity index (χ0v) is 33.3. The molecule has 5 aromatic rings. The number of fused-ring (bicyclic) bond motifs is 16. The second-order valence-electron chi connectivity index (χ2n) is 14.6. The summed E-state index contributed by atoms with van der Waals surface area (Å²) in [6.45, 7) is -0.329. The van der Waals surface area contributed by atoms with Crippen LogP contribution in [-0.4, -0.2) is 53.1 Å². The fourth-order valence-electron chi connectivity index (χ4n) is 7.09. The molecule has 9 nitrogen and oxygen atoms in total. The highest BCUT2D eigenvalue weighted by atomic mass is 35.5. The Bertz CT molecular complexity index is 2210. The molecule has 2 bridgehead atoms. The summed E-state index contributed by atoms with van der Waals surface area (Å²) in [6.07, 6.45) is 0.268. The Morgan fingerprint density at radius 2 is 1.33 bits per heavy atom. The average Bonchev–Trinajstić information content (AvgIpc) is 3.22. The molecular weight excluding hydrogens is 775 g/mol. The van der Waals surface area contributed by atoms with E-state index in [2.05, 4.69) is 10.6 Å². The first-order chi connectivity index (χ1) is 28.0. The third-order valence-corrected chi connectivity index (χ3v) is 10.9. The molecule has 0 radical (unpaired) electrons. The molecule has 0 fully saturated rings. The van der Waals surface area contributed by atoms with Crippen molar-refractivity contribution in [1.29, 1.82) is 0 Å². The molecule has 2 heterocycles. The molecule has 298 valence electrons. The van der Waals surface area contributed by atoms with Crippen LogP contribution in [0.3, 0.4) is 0 Å². The van der Waals surface area contributed by atoms with E-state index < -0.39 is 47.5 Å². The second-order valence-corrected chi connectivity index (χ2v) is 15.5. The minimum absolute atomic E-state index is 0.0590. The molecule has 0 aromatic heterocycles. The van der Waals surface area contributed by atoms with Crippen molar-refractivity contribution in [3.05, 3.63) is 160 Å². The smallest absolute Gasteiger partial charge is 0.307 e. The van der Waals surface area contributed by atoms with E-state index in [1.54, 1.807) is 42.5 Å². The highest BCUT2D eigenvalue weighted by Crippen LogP contribution is 2.26. The number of rotatable bonds is 9. The van der Waals surface area contributed by atoms with Crippen LogP contribution in [0.5, 0.6) is 5.75 Å². The van der Waals surface area contributed by atoms with Gasteiger partial charge in [-0.05, 0) is 83.3 Å². The standard InChI is InChI=1S/C47H44Cl2N2O7/c48-38-19-18-35(41(49)28-38)25-36-26-39(52)29-58-40-20-13-31(14-21-40)23-37(47(56)57)27-44(53)42(22-15-30-7-3-1-4-8-30)50-46(55)43(51-45(36)54)24-32-11-16-34(17-12-32)33-9-5-2-6-10-33/h1-14,16-21,28,36-37,42-43H,15,22-27,29H2,(H,50,55)(H,51,54)(H,56,57)/t36-,37-,42+,43-/m1/s1. The summed E-state index contributed by atoms with van der Waals surface area (Å²) in [6, 6.07) is 36.2. The normalized spacial score (nSPS) is 19.6. The van der Waals surface area contributed by atoms with Crippen molar-refractivity contribution in [3.8, 4) is 16.9 Å². The van der Waals surface area contributed by atoms with Crippen molar-refractivity contribution in [2.24, 2.45) is 11.8 Å². The molecule has 0 unspecified atom stereocenters. The zero-order chi connectivity index (χ0) is 41.0. The molecule has 5 aromatic carbocycles. The Hall–Kier alpha value is -5.77. The van der Waals surface area contributed by atoms with Gasteiger partial charge in [0.05, 0.1) is 12.0 Å². The van der Waals surface area contributed by atoms with E-state index in [1.165, 1.54) is 0 Å². The molecule has 2 amide bonds. The maximum absolute atomic E-state index is 14.5. The number of aryl methyl sites for hydroxylation is 1. The van der Waals surface area contributed by atoms with Crippen LogP contribution in [0, 0.1) is 11.8 Å². The van der Waals surface area contributed by atoms with Gasteiger partial charge in [0.1, 0.15) is 18.4 Å². The molecular formula is C47H44Cl2N2O7. The van der Waals surface area contributed by atoms with E-state index in [-0.39, 0.29) is 50.9 Å². The van der Waals surface area contributed by atoms with Gasteiger partial charge in [-0.1, -0.05) is 126 Å². The molecule has 58 heavy (non-hydrogen) atoms. The van der Waals surface area contributed by atoms with Gasteiger partial charge in [-0.2, -0.15) is 0 Å². The van der Waals surface area contributed by atoms with Gasteiger partial charge in [-0.25, -0.2) is 0 Å². The highest BCUT2D eigenvalue weighted by molar-refractivity contribution is 6.35. The van der Waals surface area contributed by atoms with E-state index in [4.69, 9.17) is 27.9 Å². The lowest BCUT2D eigenvalue weighted by Gasteiger charge is -2.26. The van der Waals surface area contributed by atoms with E-state index in [0.717, 1.165) is 22.3 Å². The molecule has 0 saturated heterocycles. The van der Waals surface area contributed by atoms with E-state index >= 15 is 0 Å². The summed E-state index contributed by atoms with van der Waals surface area (Å²) in [4.78, 5) is 68.8. The summed E-state index contributed by atoms with van der Waals surface area (Å²) >= 11 is 12.7. The molecule has 2 aliphatic heterocycles. The Morgan fingerprint density at radius 3 is 2.00 bits per heavy atom. The third-order valence-electron chi connectivity index (χ3n) is 10.3. The number of ketones is 2. The van der Waals surface area contributed by atoms with Crippen molar-refractivity contribution in [1.82, 2.24) is 10.6 Å². The fourth-order valence-corrected chi connectivity index (χ4v) is 7.57. The number of hydrogen-bond acceptors (Lipinski definition) is 6. The molecule has 0 aliphatic carbocycles. The average molecular weight is 820 g/mol. The van der Waals surface area contributed by atoms with E-state index in [1.807, 2.05) is 84.9 Å². The van der Waals surface area contributed by atoms with Crippen LogP contribution in [0.4, 0.5) is 0 Å². The van der Waals surface area contributed by atoms with Crippen molar-refractivity contribution in [3.63, 3.8) is 0 Å². The number of carbonyl (C=O) groups is 5. The van der Waals surface area contributed by atoms with Gasteiger partial charge in [0, 0.05) is 35.2 Å². The molecule has 0 saturated carbocycles. The van der Waals surface area contributed by atoms with Crippen molar-refractivity contribution in [2.75, 3.05) is 6.61 Å². The number of benzene rings is 5. The number of carboxylic acid groups (broad SMARTS) is 1. The Labute approximate surface area is 347 Å². The van der Waals surface area contributed by atoms with Crippen LogP contribution in [-0.2, 0) is 49.7 Å². The molecule has 2 aliphatic rings. The third kappa shape index (κ3) is 11.9. The fraction of sp³-hybridized carbons (Fsp3) is 0.255. The van der Waals surface area contributed by atoms with Gasteiger partial charge in [0.15, 0.2) is 11.6 Å².